The molecular weight excluding hydrogens is 336 g/mol. The lowest BCUT2D eigenvalue weighted by Crippen LogP contribution is -2.49. The molecule has 26 heavy (non-hydrogen) atoms. The van der Waals surface area contributed by atoms with Crippen LogP contribution >= 0.6 is 0 Å². The number of rotatable bonds is 5. The number of carbonyl (C=O) groups is 1. The van der Waals surface area contributed by atoms with Gasteiger partial charge >= 0.3 is 0 Å². The van der Waals surface area contributed by atoms with Gasteiger partial charge in [-0.25, -0.2) is 0 Å². The maximum atomic E-state index is 12.8. The van der Waals surface area contributed by atoms with Crippen LogP contribution in [-0.2, 0) is 0 Å². The predicted molar refractivity (Wildman–Crippen MR) is 96.2 cm³/mol. The third kappa shape index (κ3) is 3.63. The van der Waals surface area contributed by atoms with Crippen molar-refractivity contribution in [3.05, 3.63) is 35.9 Å². The van der Waals surface area contributed by atoms with Gasteiger partial charge in [0.1, 0.15) is 11.5 Å². The maximum absolute atomic E-state index is 12.8. The second kappa shape index (κ2) is 7.90. The third-order valence-corrected chi connectivity index (χ3v) is 4.37. The SMILES string of the molecule is COc1ccc(C(=O)N2CCN(c3ccc(OC)nn3)CC2)c(OC)c1. The Morgan fingerprint density at radius 1 is 0.923 bits per heavy atom. The lowest BCUT2D eigenvalue weighted by Gasteiger charge is -2.35. The normalized spacial score (nSPS) is 14.1. The van der Waals surface area contributed by atoms with Gasteiger partial charge in [-0.3, -0.25) is 4.79 Å². The van der Waals surface area contributed by atoms with E-state index in [9.17, 15) is 4.79 Å². The number of aromatic nitrogens is 2. The molecule has 2 aromatic rings. The molecule has 138 valence electrons. The van der Waals surface area contributed by atoms with Crippen LogP contribution in [0.4, 0.5) is 5.82 Å². The molecule has 1 amide bonds. The van der Waals surface area contributed by atoms with E-state index in [0.29, 0.717) is 49.1 Å². The van der Waals surface area contributed by atoms with Crippen LogP contribution in [0.5, 0.6) is 17.4 Å². The Bertz CT molecular complexity index is 758. The highest BCUT2D eigenvalue weighted by Crippen LogP contribution is 2.26. The summed E-state index contributed by atoms with van der Waals surface area (Å²) in [5.41, 5.74) is 0.533. The predicted octanol–water partition coefficient (Wildman–Crippen LogP) is 1.46. The molecule has 1 aromatic carbocycles. The zero-order valence-corrected chi connectivity index (χ0v) is 15.1. The van der Waals surface area contributed by atoms with Crippen LogP contribution in [0.15, 0.2) is 30.3 Å². The summed E-state index contributed by atoms with van der Waals surface area (Å²) in [6, 6.07) is 8.87. The first-order valence-corrected chi connectivity index (χ1v) is 8.30. The van der Waals surface area contributed by atoms with Gasteiger partial charge < -0.3 is 24.0 Å². The van der Waals surface area contributed by atoms with E-state index in [0.717, 1.165) is 5.82 Å². The molecule has 1 aliphatic heterocycles. The maximum Gasteiger partial charge on any atom is 0.257 e. The molecule has 1 fully saturated rings. The third-order valence-electron chi connectivity index (χ3n) is 4.37. The monoisotopic (exact) mass is 358 g/mol. The highest BCUT2D eigenvalue weighted by atomic mass is 16.5. The van der Waals surface area contributed by atoms with Gasteiger partial charge in [0.2, 0.25) is 5.88 Å². The number of anilines is 1. The lowest BCUT2D eigenvalue weighted by atomic mass is 10.1. The van der Waals surface area contributed by atoms with Gasteiger partial charge in [-0.15, -0.1) is 10.2 Å². The first kappa shape index (κ1) is 17.8. The summed E-state index contributed by atoms with van der Waals surface area (Å²) >= 11 is 0. The van der Waals surface area contributed by atoms with Crippen molar-refractivity contribution in [1.82, 2.24) is 15.1 Å². The Morgan fingerprint density at radius 3 is 2.27 bits per heavy atom. The van der Waals surface area contributed by atoms with Crippen LogP contribution in [0.3, 0.4) is 0 Å². The number of ether oxygens (including phenoxy) is 3. The number of piperazine rings is 1. The van der Waals surface area contributed by atoms with Crippen LogP contribution < -0.4 is 19.1 Å². The lowest BCUT2D eigenvalue weighted by molar-refractivity contribution is 0.0743. The van der Waals surface area contributed by atoms with Crippen molar-refractivity contribution in [2.45, 2.75) is 0 Å². The molecule has 0 N–H and O–H groups in total. The van der Waals surface area contributed by atoms with E-state index in [1.807, 2.05) is 11.0 Å². The van der Waals surface area contributed by atoms with E-state index < -0.39 is 0 Å². The minimum Gasteiger partial charge on any atom is -0.497 e. The van der Waals surface area contributed by atoms with Crippen LogP contribution in [0, 0.1) is 0 Å². The molecule has 1 saturated heterocycles. The summed E-state index contributed by atoms with van der Waals surface area (Å²) in [6.45, 7) is 2.57. The average Bonchev–Trinajstić information content (AvgIpc) is 2.73. The van der Waals surface area contributed by atoms with Crippen LogP contribution in [0.1, 0.15) is 10.4 Å². The van der Waals surface area contributed by atoms with Crippen molar-refractivity contribution >= 4 is 11.7 Å². The average molecular weight is 358 g/mol. The molecule has 0 aliphatic carbocycles. The van der Waals surface area contributed by atoms with Crippen molar-refractivity contribution in [3.8, 4) is 17.4 Å². The number of benzene rings is 1. The van der Waals surface area contributed by atoms with Gasteiger partial charge in [0, 0.05) is 38.3 Å². The first-order valence-electron chi connectivity index (χ1n) is 8.30. The topological polar surface area (TPSA) is 77.0 Å². The first-order chi connectivity index (χ1) is 12.7. The summed E-state index contributed by atoms with van der Waals surface area (Å²) in [7, 11) is 4.69. The molecule has 0 bridgehead atoms. The van der Waals surface area contributed by atoms with Gasteiger partial charge in [0.05, 0.1) is 26.9 Å². The molecule has 0 unspecified atom stereocenters. The molecule has 0 spiro atoms. The van der Waals surface area contributed by atoms with E-state index >= 15 is 0 Å². The summed E-state index contributed by atoms with van der Waals surface area (Å²) < 4.78 is 15.6. The van der Waals surface area contributed by atoms with E-state index in [1.165, 1.54) is 0 Å². The zero-order valence-electron chi connectivity index (χ0n) is 15.1. The zero-order chi connectivity index (χ0) is 18.5. The Morgan fingerprint density at radius 2 is 1.69 bits per heavy atom. The summed E-state index contributed by atoms with van der Waals surface area (Å²) in [4.78, 5) is 16.8. The van der Waals surface area contributed by atoms with E-state index in [1.54, 1.807) is 45.6 Å². The number of nitrogens with zero attached hydrogens (tertiary/aromatic N) is 4. The van der Waals surface area contributed by atoms with Crippen LogP contribution in [-0.4, -0.2) is 68.5 Å². The van der Waals surface area contributed by atoms with Crippen LogP contribution in [0.2, 0.25) is 0 Å². The Balaban J connectivity index is 1.66. The summed E-state index contributed by atoms with van der Waals surface area (Å²) in [5, 5.41) is 8.15. The number of methoxy groups -OCH3 is 3. The molecule has 1 aliphatic rings. The summed E-state index contributed by atoms with van der Waals surface area (Å²) in [5.74, 6) is 2.37. The molecule has 8 nitrogen and oxygen atoms in total. The molecular formula is C18H22N4O4. The molecule has 0 saturated carbocycles. The second-order valence-corrected chi connectivity index (χ2v) is 5.78. The van der Waals surface area contributed by atoms with E-state index in [-0.39, 0.29) is 5.91 Å². The van der Waals surface area contributed by atoms with Gasteiger partial charge in [-0.1, -0.05) is 0 Å². The Kier molecular flexibility index (Phi) is 5.40. The fraction of sp³-hybridized carbons (Fsp3) is 0.389. The number of hydrogen-bond donors (Lipinski definition) is 0. The van der Waals surface area contributed by atoms with E-state index in [4.69, 9.17) is 14.2 Å². The fourth-order valence-corrected chi connectivity index (χ4v) is 2.87. The van der Waals surface area contributed by atoms with Gasteiger partial charge in [-0.2, -0.15) is 0 Å². The molecule has 2 heterocycles. The minimum atomic E-state index is -0.0510. The Hall–Kier alpha value is -3.03. The van der Waals surface area contributed by atoms with Gasteiger partial charge in [0.25, 0.3) is 5.91 Å². The standard InChI is InChI=1S/C18H22N4O4/c1-24-13-4-5-14(15(12-13)25-2)18(23)22-10-8-21(9-11-22)16-6-7-17(26-3)20-19-16/h4-7,12H,8-11H2,1-3H3. The highest BCUT2D eigenvalue weighted by Gasteiger charge is 2.25. The molecule has 0 atom stereocenters. The van der Waals surface area contributed by atoms with Gasteiger partial charge in [-0.05, 0) is 18.2 Å². The molecule has 3 rings (SSSR count). The van der Waals surface area contributed by atoms with Crippen LogP contribution in [0.25, 0.3) is 0 Å². The van der Waals surface area contributed by atoms with Crippen molar-refractivity contribution in [2.75, 3.05) is 52.4 Å². The van der Waals surface area contributed by atoms with Crippen molar-refractivity contribution < 1.29 is 19.0 Å². The number of amides is 1. The smallest absolute Gasteiger partial charge is 0.257 e. The molecule has 8 heteroatoms. The molecule has 0 radical (unpaired) electrons. The largest absolute Gasteiger partial charge is 0.497 e. The highest BCUT2D eigenvalue weighted by molar-refractivity contribution is 5.97. The Labute approximate surface area is 152 Å². The molecule has 1 aromatic heterocycles. The van der Waals surface area contributed by atoms with Crippen molar-refractivity contribution in [1.29, 1.82) is 0 Å². The minimum absolute atomic E-state index is 0.0510. The van der Waals surface area contributed by atoms with Gasteiger partial charge in [0.15, 0.2) is 5.82 Å². The summed E-state index contributed by atoms with van der Waals surface area (Å²) in [6.07, 6.45) is 0. The van der Waals surface area contributed by atoms with E-state index in [2.05, 4.69) is 15.1 Å². The number of hydrogen-bond acceptors (Lipinski definition) is 7. The van der Waals surface area contributed by atoms with Crippen molar-refractivity contribution in [3.63, 3.8) is 0 Å². The fourth-order valence-electron chi connectivity index (χ4n) is 2.87. The van der Waals surface area contributed by atoms with Crippen molar-refractivity contribution in [2.24, 2.45) is 0 Å². The number of carbonyl (C=O) groups excluding carboxylic acids is 1. The quantitative estimate of drug-likeness (QED) is 0.801. The second-order valence-electron chi connectivity index (χ2n) is 5.78.